The summed E-state index contributed by atoms with van der Waals surface area (Å²) in [4.78, 5) is 10.5. The molecule has 4 heteroatoms. The van der Waals surface area contributed by atoms with Gasteiger partial charge in [-0.15, -0.1) is 0 Å². The van der Waals surface area contributed by atoms with Gasteiger partial charge in [-0.2, -0.15) is 0 Å². The van der Waals surface area contributed by atoms with Crippen molar-refractivity contribution < 1.29 is 14.6 Å². The van der Waals surface area contributed by atoms with E-state index in [4.69, 9.17) is 9.84 Å². The minimum absolute atomic E-state index is 0.0953. The first-order valence-corrected chi connectivity index (χ1v) is 3.21. The molecule has 0 saturated heterocycles. The Labute approximate surface area is 65.9 Å². The lowest BCUT2D eigenvalue weighted by molar-refractivity contribution is -0.120. The fourth-order valence-corrected chi connectivity index (χ4v) is 0.633. The van der Waals surface area contributed by atoms with Crippen molar-refractivity contribution in [2.75, 3.05) is 13.7 Å². The summed E-state index contributed by atoms with van der Waals surface area (Å²) in [6.45, 7) is 4.89. The van der Waals surface area contributed by atoms with Crippen LogP contribution in [0, 0.1) is 0 Å². The highest BCUT2D eigenvalue weighted by molar-refractivity contribution is 5.73. The number of ether oxygens (including phenoxy) is 1. The topological polar surface area (TPSA) is 58.6 Å². The molecule has 11 heavy (non-hydrogen) atoms. The molecule has 0 heterocycles. The fraction of sp³-hybridized carbons (Fsp3) is 0.571. The van der Waals surface area contributed by atoms with Crippen molar-refractivity contribution in [3.8, 4) is 0 Å². The van der Waals surface area contributed by atoms with Gasteiger partial charge in [0.05, 0.1) is 6.61 Å². The molecule has 0 saturated carbocycles. The predicted octanol–water partition coefficient (Wildman–Crippen LogP) is 0.209. The van der Waals surface area contributed by atoms with Crippen molar-refractivity contribution in [2.45, 2.75) is 13.0 Å². The van der Waals surface area contributed by atoms with Crippen LogP contribution in [0.3, 0.4) is 0 Å². The second-order valence-electron chi connectivity index (χ2n) is 2.20. The summed E-state index contributed by atoms with van der Waals surface area (Å²) < 4.78 is 4.73. The number of aliphatic hydroxyl groups excluding tert-OH is 1. The molecule has 0 aromatic rings. The zero-order valence-electron chi connectivity index (χ0n) is 6.76. The number of carbonyl (C=O) groups excluding carboxylic acids is 1. The van der Waals surface area contributed by atoms with E-state index in [0.717, 1.165) is 0 Å². The van der Waals surface area contributed by atoms with Crippen LogP contribution in [0.5, 0.6) is 0 Å². The maximum absolute atomic E-state index is 10.5. The molecule has 0 aliphatic carbocycles. The maximum Gasteiger partial charge on any atom is 0.217 e. The molecular formula is C7H13NO3. The summed E-state index contributed by atoms with van der Waals surface area (Å²) in [5, 5.41) is 11.4. The van der Waals surface area contributed by atoms with Crippen molar-refractivity contribution in [2.24, 2.45) is 0 Å². The number of rotatable bonds is 4. The molecule has 0 aliphatic rings. The summed E-state index contributed by atoms with van der Waals surface area (Å²) in [5.41, 5.74) is 0. The molecule has 0 rings (SSSR count). The molecule has 0 bridgehead atoms. The normalized spacial score (nSPS) is 12.2. The van der Waals surface area contributed by atoms with Gasteiger partial charge in [0.2, 0.25) is 5.91 Å². The van der Waals surface area contributed by atoms with Gasteiger partial charge in [0.1, 0.15) is 11.8 Å². The zero-order valence-corrected chi connectivity index (χ0v) is 6.76. The van der Waals surface area contributed by atoms with E-state index in [1.807, 2.05) is 0 Å². The molecular weight excluding hydrogens is 146 g/mol. The van der Waals surface area contributed by atoms with Gasteiger partial charge in [-0.05, 0) is 0 Å². The Balaban J connectivity index is 3.89. The minimum Gasteiger partial charge on any atom is -0.511 e. The van der Waals surface area contributed by atoms with Gasteiger partial charge in [-0.25, -0.2) is 0 Å². The zero-order chi connectivity index (χ0) is 8.85. The average Bonchev–Trinajstić information content (AvgIpc) is 1.86. The highest BCUT2D eigenvalue weighted by Crippen LogP contribution is 1.94. The Hall–Kier alpha value is -1.03. The predicted molar refractivity (Wildman–Crippen MR) is 41.2 cm³/mol. The molecule has 0 aliphatic heterocycles. The van der Waals surface area contributed by atoms with Gasteiger partial charge in [0.15, 0.2) is 0 Å². The Bertz CT molecular complexity index is 156. The van der Waals surface area contributed by atoms with E-state index in [-0.39, 0.29) is 18.3 Å². The van der Waals surface area contributed by atoms with Gasteiger partial charge < -0.3 is 15.2 Å². The van der Waals surface area contributed by atoms with Gasteiger partial charge >= 0.3 is 0 Å². The van der Waals surface area contributed by atoms with Crippen LogP contribution in [0.2, 0.25) is 0 Å². The number of carbonyl (C=O) groups is 1. The molecule has 0 spiro atoms. The van der Waals surface area contributed by atoms with Crippen LogP contribution >= 0.6 is 0 Å². The highest BCUT2D eigenvalue weighted by Gasteiger charge is 2.11. The summed E-state index contributed by atoms with van der Waals surface area (Å²) in [6.07, 6.45) is 0. The van der Waals surface area contributed by atoms with Crippen LogP contribution in [0.4, 0.5) is 0 Å². The summed E-state index contributed by atoms with van der Waals surface area (Å²) in [7, 11) is 1.48. The lowest BCUT2D eigenvalue weighted by Gasteiger charge is -2.14. The van der Waals surface area contributed by atoms with Gasteiger partial charge in [0.25, 0.3) is 0 Å². The van der Waals surface area contributed by atoms with E-state index in [9.17, 15) is 4.79 Å². The number of hydrogen-bond acceptors (Lipinski definition) is 3. The largest absolute Gasteiger partial charge is 0.511 e. The van der Waals surface area contributed by atoms with E-state index in [0.29, 0.717) is 0 Å². The number of aliphatic hydroxyl groups is 1. The average molecular weight is 159 g/mol. The Morgan fingerprint density at radius 2 is 2.36 bits per heavy atom. The molecule has 64 valence electrons. The quantitative estimate of drug-likeness (QED) is 0.576. The number of amides is 1. The maximum atomic E-state index is 10.5. The minimum atomic E-state index is -0.502. The smallest absolute Gasteiger partial charge is 0.217 e. The first kappa shape index (κ1) is 9.97. The molecule has 1 amide bonds. The molecule has 0 fully saturated rings. The second-order valence-corrected chi connectivity index (χ2v) is 2.20. The standard InChI is InChI=1S/C7H13NO3/c1-5(9)7(4-11-3)8-6(2)10/h7,9H,1,4H2,2-3H3,(H,8,10)/t7-/m0/s1. The third kappa shape index (κ3) is 4.38. The lowest BCUT2D eigenvalue weighted by Crippen LogP contribution is -2.37. The Morgan fingerprint density at radius 3 is 2.64 bits per heavy atom. The highest BCUT2D eigenvalue weighted by atomic mass is 16.5. The van der Waals surface area contributed by atoms with E-state index in [2.05, 4.69) is 11.9 Å². The SMILES string of the molecule is C=C(O)[C@H](COC)NC(C)=O. The van der Waals surface area contributed by atoms with Crippen molar-refractivity contribution in [3.05, 3.63) is 12.3 Å². The van der Waals surface area contributed by atoms with Crippen LogP contribution in [-0.2, 0) is 9.53 Å². The molecule has 0 radical (unpaired) electrons. The molecule has 4 nitrogen and oxygen atoms in total. The number of hydrogen-bond donors (Lipinski definition) is 2. The van der Waals surface area contributed by atoms with E-state index in [1.165, 1.54) is 14.0 Å². The van der Waals surface area contributed by atoms with Crippen LogP contribution < -0.4 is 5.32 Å². The number of nitrogens with one attached hydrogen (secondary N) is 1. The number of methoxy groups -OCH3 is 1. The van der Waals surface area contributed by atoms with E-state index >= 15 is 0 Å². The molecule has 0 aromatic heterocycles. The summed E-state index contributed by atoms with van der Waals surface area (Å²) >= 11 is 0. The van der Waals surface area contributed by atoms with Crippen molar-refractivity contribution in [1.29, 1.82) is 0 Å². The van der Waals surface area contributed by atoms with E-state index < -0.39 is 6.04 Å². The van der Waals surface area contributed by atoms with Crippen molar-refractivity contribution in [3.63, 3.8) is 0 Å². The molecule has 0 unspecified atom stereocenters. The first-order chi connectivity index (χ1) is 5.07. The third-order valence-electron chi connectivity index (χ3n) is 1.11. The summed E-state index contributed by atoms with van der Waals surface area (Å²) in [6, 6.07) is -0.502. The summed E-state index contributed by atoms with van der Waals surface area (Å²) in [5.74, 6) is -0.315. The Morgan fingerprint density at radius 1 is 1.82 bits per heavy atom. The molecule has 2 N–H and O–H groups in total. The van der Waals surface area contributed by atoms with E-state index in [1.54, 1.807) is 0 Å². The fourth-order valence-electron chi connectivity index (χ4n) is 0.633. The van der Waals surface area contributed by atoms with Gasteiger partial charge in [-0.1, -0.05) is 6.58 Å². The van der Waals surface area contributed by atoms with Crippen molar-refractivity contribution >= 4 is 5.91 Å². The van der Waals surface area contributed by atoms with Crippen LogP contribution in [0.25, 0.3) is 0 Å². The third-order valence-corrected chi connectivity index (χ3v) is 1.11. The van der Waals surface area contributed by atoms with Crippen LogP contribution in [-0.4, -0.2) is 30.8 Å². The molecule has 0 aromatic carbocycles. The van der Waals surface area contributed by atoms with Gasteiger partial charge in [-0.3, -0.25) is 4.79 Å². The van der Waals surface area contributed by atoms with Crippen molar-refractivity contribution in [1.82, 2.24) is 5.32 Å². The monoisotopic (exact) mass is 159 g/mol. The second kappa shape index (κ2) is 4.73. The molecule has 1 atom stereocenters. The first-order valence-electron chi connectivity index (χ1n) is 3.21. The Kier molecular flexibility index (Phi) is 4.29. The lowest BCUT2D eigenvalue weighted by atomic mass is 10.3. The van der Waals surface area contributed by atoms with Crippen LogP contribution in [0.1, 0.15) is 6.92 Å². The van der Waals surface area contributed by atoms with Crippen LogP contribution in [0.15, 0.2) is 12.3 Å². The van der Waals surface area contributed by atoms with Gasteiger partial charge in [0, 0.05) is 14.0 Å².